The summed E-state index contributed by atoms with van der Waals surface area (Å²) in [6.07, 6.45) is 0.779. The second kappa shape index (κ2) is 5.57. The van der Waals surface area contributed by atoms with Crippen LogP contribution in [0.2, 0.25) is 0 Å². The van der Waals surface area contributed by atoms with Crippen molar-refractivity contribution in [3.8, 4) is 5.75 Å². The topological polar surface area (TPSA) is 26.3 Å². The molecular formula is C19H18O2. The van der Waals surface area contributed by atoms with E-state index in [4.69, 9.17) is 4.74 Å². The smallest absolute Gasteiger partial charge is 0.166 e. The van der Waals surface area contributed by atoms with Crippen LogP contribution in [0.15, 0.2) is 60.2 Å². The lowest BCUT2D eigenvalue weighted by atomic mass is 9.93. The van der Waals surface area contributed by atoms with E-state index in [0.29, 0.717) is 0 Å². The van der Waals surface area contributed by atoms with Gasteiger partial charge < -0.3 is 4.74 Å². The predicted octanol–water partition coefficient (Wildman–Crippen LogP) is 4.23. The van der Waals surface area contributed by atoms with E-state index in [0.717, 1.165) is 34.4 Å². The van der Waals surface area contributed by atoms with Crippen molar-refractivity contribution >= 4 is 11.4 Å². The lowest BCUT2D eigenvalue weighted by Crippen LogP contribution is -2.06. The Morgan fingerprint density at radius 1 is 1.00 bits per heavy atom. The third-order valence-electron chi connectivity index (χ3n) is 4.19. The van der Waals surface area contributed by atoms with Crippen molar-refractivity contribution < 1.29 is 9.53 Å². The van der Waals surface area contributed by atoms with Gasteiger partial charge in [-0.3, -0.25) is 4.79 Å². The average Bonchev–Trinajstić information content (AvgIpc) is 2.84. The fourth-order valence-electron chi connectivity index (χ4n) is 2.94. The molecule has 0 saturated carbocycles. The van der Waals surface area contributed by atoms with Gasteiger partial charge in [0.15, 0.2) is 5.78 Å². The molecule has 0 bridgehead atoms. The molecule has 0 aromatic heterocycles. The number of benzene rings is 2. The van der Waals surface area contributed by atoms with Crippen molar-refractivity contribution in [3.05, 3.63) is 71.3 Å². The number of methoxy groups -OCH3 is 1. The van der Waals surface area contributed by atoms with E-state index in [9.17, 15) is 4.79 Å². The van der Waals surface area contributed by atoms with Gasteiger partial charge in [0.1, 0.15) is 5.75 Å². The molecular weight excluding hydrogens is 260 g/mol. The minimum atomic E-state index is -0.0386. The SMILES string of the molecule is COc1ccc(C2=C(C)C(=O)[C@H](c3ccccc3)C2)cc1. The molecule has 0 saturated heterocycles. The van der Waals surface area contributed by atoms with Gasteiger partial charge in [-0.2, -0.15) is 0 Å². The van der Waals surface area contributed by atoms with Crippen molar-refractivity contribution in [2.75, 3.05) is 7.11 Å². The molecule has 0 amide bonds. The van der Waals surface area contributed by atoms with Crippen LogP contribution in [0.1, 0.15) is 30.4 Å². The zero-order valence-corrected chi connectivity index (χ0v) is 12.3. The molecule has 0 aliphatic heterocycles. The van der Waals surface area contributed by atoms with Gasteiger partial charge in [0.05, 0.1) is 13.0 Å². The van der Waals surface area contributed by atoms with E-state index in [-0.39, 0.29) is 11.7 Å². The Bertz CT molecular complexity index is 681. The van der Waals surface area contributed by atoms with Gasteiger partial charge in [-0.25, -0.2) is 0 Å². The first-order valence-corrected chi connectivity index (χ1v) is 7.14. The fraction of sp³-hybridized carbons (Fsp3) is 0.211. The van der Waals surface area contributed by atoms with Gasteiger partial charge in [0, 0.05) is 0 Å². The number of ketones is 1. The van der Waals surface area contributed by atoms with E-state index in [1.807, 2.05) is 61.5 Å². The predicted molar refractivity (Wildman–Crippen MR) is 84.4 cm³/mol. The molecule has 0 unspecified atom stereocenters. The van der Waals surface area contributed by atoms with Crippen LogP contribution in [-0.2, 0) is 4.79 Å². The highest BCUT2D eigenvalue weighted by Crippen LogP contribution is 2.40. The first-order valence-electron chi connectivity index (χ1n) is 7.14. The number of hydrogen-bond donors (Lipinski definition) is 0. The molecule has 2 nitrogen and oxygen atoms in total. The summed E-state index contributed by atoms with van der Waals surface area (Å²) in [7, 11) is 1.66. The van der Waals surface area contributed by atoms with E-state index < -0.39 is 0 Å². The van der Waals surface area contributed by atoms with Crippen LogP contribution in [0.25, 0.3) is 5.57 Å². The molecule has 0 fully saturated rings. The molecule has 106 valence electrons. The fourth-order valence-corrected chi connectivity index (χ4v) is 2.94. The monoisotopic (exact) mass is 278 g/mol. The van der Waals surface area contributed by atoms with E-state index in [1.165, 1.54) is 0 Å². The number of carbonyl (C=O) groups excluding carboxylic acids is 1. The van der Waals surface area contributed by atoms with E-state index >= 15 is 0 Å². The molecule has 1 atom stereocenters. The molecule has 2 aromatic rings. The highest BCUT2D eigenvalue weighted by Gasteiger charge is 2.31. The third-order valence-corrected chi connectivity index (χ3v) is 4.19. The van der Waals surface area contributed by atoms with Crippen molar-refractivity contribution in [2.24, 2.45) is 0 Å². The van der Waals surface area contributed by atoms with Crippen LogP contribution in [0.5, 0.6) is 5.75 Å². The second-order valence-electron chi connectivity index (χ2n) is 5.36. The number of carbonyl (C=O) groups is 1. The van der Waals surface area contributed by atoms with Crippen molar-refractivity contribution in [1.82, 2.24) is 0 Å². The Morgan fingerprint density at radius 2 is 1.67 bits per heavy atom. The van der Waals surface area contributed by atoms with Gasteiger partial charge in [0.25, 0.3) is 0 Å². The van der Waals surface area contributed by atoms with Gasteiger partial charge in [-0.1, -0.05) is 42.5 Å². The Labute approximate surface area is 125 Å². The maximum absolute atomic E-state index is 12.5. The van der Waals surface area contributed by atoms with Gasteiger partial charge in [-0.05, 0) is 47.8 Å². The average molecular weight is 278 g/mol. The number of ether oxygens (including phenoxy) is 1. The molecule has 0 radical (unpaired) electrons. The van der Waals surface area contributed by atoms with Crippen molar-refractivity contribution in [2.45, 2.75) is 19.3 Å². The number of rotatable bonds is 3. The van der Waals surface area contributed by atoms with E-state index in [1.54, 1.807) is 7.11 Å². The summed E-state index contributed by atoms with van der Waals surface area (Å²) in [4.78, 5) is 12.5. The molecule has 0 spiro atoms. The normalized spacial score (nSPS) is 18.2. The van der Waals surface area contributed by atoms with E-state index in [2.05, 4.69) is 0 Å². The maximum Gasteiger partial charge on any atom is 0.166 e. The molecule has 21 heavy (non-hydrogen) atoms. The number of Topliss-reactive ketones (excluding diaryl/α,β-unsaturated/α-hetero) is 1. The van der Waals surface area contributed by atoms with Crippen LogP contribution in [0.4, 0.5) is 0 Å². The highest BCUT2D eigenvalue weighted by atomic mass is 16.5. The van der Waals surface area contributed by atoms with Crippen LogP contribution in [0, 0.1) is 0 Å². The first-order chi connectivity index (χ1) is 10.2. The first kappa shape index (κ1) is 13.6. The summed E-state index contributed by atoms with van der Waals surface area (Å²) in [5.41, 5.74) is 4.25. The second-order valence-corrected chi connectivity index (χ2v) is 5.36. The van der Waals surface area contributed by atoms with Crippen LogP contribution in [0.3, 0.4) is 0 Å². The zero-order chi connectivity index (χ0) is 14.8. The summed E-state index contributed by atoms with van der Waals surface area (Å²) in [6.45, 7) is 1.94. The molecule has 0 N–H and O–H groups in total. The van der Waals surface area contributed by atoms with Crippen LogP contribution < -0.4 is 4.74 Å². The maximum atomic E-state index is 12.5. The van der Waals surface area contributed by atoms with Gasteiger partial charge in [-0.15, -0.1) is 0 Å². The van der Waals surface area contributed by atoms with Gasteiger partial charge in [0.2, 0.25) is 0 Å². The Morgan fingerprint density at radius 3 is 2.29 bits per heavy atom. The van der Waals surface area contributed by atoms with Crippen LogP contribution in [-0.4, -0.2) is 12.9 Å². The number of allylic oxidation sites excluding steroid dienone is 2. The molecule has 0 heterocycles. The molecule has 2 heteroatoms. The summed E-state index contributed by atoms with van der Waals surface area (Å²) < 4.78 is 5.19. The minimum absolute atomic E-state index is 0.0386. The lowest BCUT2D eigenvalue weighted by molar-refractivity contribution is -0.116. The molecule has 1 aliphatic rings. The molecule has 1 aliphatic carbocycles. The largest absolute Gasteiger partial charge is 0.497 e. The zero-order valence-electron chi connectivity index (χ0n) is 12.3. The van der Waals surface area contributed by atoms with Crippen molar-refractivity contribution in [3.63, 3.8) is 0 Å². The Kier molecular flexibility index (Phi) is 3.61. The molecule has 2 aromatic carbocycles. The standard InChI is InChI=1S/C19H18O2/c1-13-17(15-8-10-16(21-2)11-9-15)12-18(19(13)20)14-6-4-3-5-7-14/h3-11,18H,12H2,1-2H3/t18-/m0/s1. The summed E-state index contributed by atoms with van der Waals surface area (Å²) in [5.74, 6) is 1.04. The lowest BCUT2D eigenvalue weighted by Gasteiger charge is -2.09. The van der Waals surface area contributed by atoms with Crippen molar-refractivity contribution in [1.29, 1.82) is 0 Å². The number of hydrogen-bond acceptors (Lipinski definition) is 2. The highest BCUT2D eigenvalue weighted by molar-refractivity contribution is 6.10. The third kappa shape index (κ3) is 2.49. The summed E-state index contributed by atoms with van der Waals surface area (Å²) >= 11 is 0. The Balaban J connectivity index is 1.91. The Hall–Kier alpha value is -2.35. The quantitative estimate of drug-likeness (QED) is 0.840. The van der Waals surface area contributed by atoms with Gasteiger partial charge >= 0.3 is 0 Å². The summed E-state index contributed by atoms with van der Waals surface area (Å²) in [6, 6.07) is 18.0. The minimum Gasteiger partial charge on any atom is -0.497 e. The molecule has 3 rings (SSSR count). The van der Waals surface area contributed by atoms with Crippen LogP contribution >= 0.6 is 0 Å². The summed E-state index contributed by atoms with van der Waals surface area (Å²) in [5, 5.41) is 0.